The minimum atomic E-state index is 0.345. The molecule has 0 atom stereocenters. The van der Waals surface area contributed by atoms with Crippen LogP contribution in [0.1, 0.15) is 49.3 Å². The van der Waals surface area contributed by atoms with Crippen LogP contribution in [0.3, 0.4) is 0 Å². The molecule has 1 aromatic carbocycles. The zero-order valence-corrected chi connectivity index (χ0v) is 13.1. The molecule has 2 nitrogen and oxygen atoms in total. The monoisotopic (exact) mass is 282 g/mol. The molecule has 0 unspecified atom stereocenters. The number of carbonyl (C=O) groups excluding carboxylic acids is 1. The van der Waals surface area contributed by atoms with Gasteiger partial charge in [-0.3, -0.25) is 4.79 Å². The van der Waals surface area contributed by atoms with Crippen LogP contribution in [0.2, 0.25) is 5.02 Å². The maximum Gasteiger partial charge on any atom is 0.132 e. The molecular formula is C16H23ClO2. The van der Waals surface area contributed by atoms with Crippen molar-refractivity contribution in [1.29, 1.82) is 0 Å². The van der Waals surface area contributed by atoms with Crippen LogP contribution in [0.25, 0.3) is 0 Å². The van der Waals surface area contributed by atoms with Gasteiger partial charge in [0.1, 0.15) is 11.5 Å². The standard InChI is InChI=1S/C16H23ClO2/c1-5-7-13(18)8-6-9-14-12(3)15(17)10-11(2)16(14)19-4/h10H,5-9H2,1-4H3. The van der Waals surface area contributed by atoms with Gasteiger partial charge in [-0.2, -0.15) is 0 Å². The van der Waals surface area contributed by atoms with Gasteiger partial charge in [0.25, 0.3) is 0 Å². The highest BCUT2D eigenvalue weighted by Gasteiger charge is 2.13. The highest BCUT2D eigenvalue weighted by atomic mass is 35.5. The fourth-order valence-electron chi connectivity index (χ4n) is 2.37. The fourth-order valence-corrected chi connectivity index (χ4v) is 2.65. The molecule has 3 heteroatoms. The lowest BCUT2D eigenvalue weighted by atomic mass is 9.97. The Hall–Kier alpha value is -1.02. The molecule has 0 saturated carbocycles. The van der Waals surface area contributed by atoms with E-state index in [0.29, 0.717) is 18.6 Å². The molecule has 0 bridgehead atoms. The minimum Gasteiger partial charge on any atom is -0.496 e. The van der Waals surface area contributed by atoms with Crippen molar-refractivity contribution in [2.45, 2.75) is 52.9 Å². The number of methoxy groups -OCH3 is 1. The Bertz CT molecular complexity index is 453. The van der Waals surface area contributed by atoms with Crippen molar-refractivity contribution in [3.05, 3.63) is 27.8 Å². The van der Waals surface area contributed by atoms with E-state index >= 15 is 0 Å². The quantitative estimate of drug-likeness (QED) is 0.727. The fraction of sp³-hybridized carbons (Fsp3) is 0.562. The SMILES string of the molecule is CCCC(=O)CCCc1c(C)c(Cl)cc(C)c1OC. The molecule has 0 aliphatic heterocycles. The van der Waals surface area contributed by atoms with Gasteiger partial charge in [-0.15, -0.1) is 0 Å². The van der Waals surface area contributed by atoms with E-state index in [9.17, 15) is 4.79 Å². The van der Waals surface area contributed by atoms with E-state index in [1.165, 1.54) is 0 Å². The van der Waals surface area contributed by atoms with Gasteiger partial charge in [0.05, 0.1) is 7.11 Å². The van der Waals surface area contributed by atoms with E-state index in [1.807, 2.05) is 26.8 Å². The van der Waals surface area contributed by atoms with Crippen LogP contribution in [0.15, 0.2) is 6.07 Å². The largest absolute Gasteiger partial charge is 0.496 e. The minimum absolute atomic E-state index is 0.345. The number of hydrogen-bond acceptors (Lipinski definition) is 2. The third-order valence-electron chi connectivity index (χ3n) is 3.40. The molecule has 0 fully saturated rings. The second-order valence-corrected chi connectivity index (χ2v) is 5.36. The van der Waals surface area contributed by atoms with Crippen LogP contribution < -0.4 is 4.74 Å². The molecule has 0 N–H and O–H groups in total. The molecule has 0 saturated heterocycles. The number of benzene rings is 1. The second-order valence-electron chi connectivity index (χ2n) is 4.95. The lowest BCUT2D eigenvalue weighted by Gasteiger charge is -2.15. The average Bonchev–Trinajstić information content (AvgIpc) is 2.35. The highest BCUT2D eigenvalue weighted by Crippen LogP contribution is 2.33. The van der Waals surface area contributed by atoms with E-state index < -0.39 is 0 Å². The summed E-state index contributed by atoms with van der Waals surface area (Å²) in [7, 11) is 1.68. The molecule has 0 amide bonds. The van der Waals surface area contributed by atoms with Crippen LogP contribution in [0, 0.1) is 13.8 Å². The molecule has 1 rings (SSSR count). The third kappa shape index (κ3) is 4.24. The van der Waals surface area contributed by atoms with Crippen molar-refractivity contribution in [3.63, 3.8) is 0 Å². The molecule has 0 aliphatic rings. The predicted molar refractivity (Wildman–Crippen MR) is 80.3 cm³/mol. The molecule has 19 heavy (non-hydrogen) atoms. The van der Waals surface area contributed by atoms with E-state index in [-0.39, 0.29) is 0 Å². The van der Waals surface area contributed by atoms with E-state index in [4.69, 9.17) is 16.3 Å². The Labute approximate surface area is 121 Å². The summed E-state index contributed by atoms with van der Waals surface area (Å²) in [4.78, 5) is 11.5. The summed E-state index contributed by atoms with van der Waals surface area (Å²) >= 11 is 6.22. The third-order valence-corrected chi connectivity index (χ3v) is 3.79. The lowest BCUT2D eigenvalue weighted by molar-refractivity contribution is -0.119. The van der Waals surface area contributed by atoms with E-state index in [2.05, 4.69) is 0 Å². The number of ether oxygens (including phenoxy) is 1. The number of ketones is 1. The first-order chi connectivity index (χ1) is 9.01. The average molecular weight is 283 g/mol. The van der Waals surface area contributed by atoms with Gasteiger partial charge in [-0.1, -0.05) is 18.5 Å². The van der Waals surface area contributed by atoms with Crippen molar-refractivity contribution < 1.29 is 9.53 Å². The molecule has 1 aromatic rings. The molecule has 106 valence electrons. The Balaban J connectivity index is 2.80. The number of aryl methyl sites for hydroxylation is 1. The van der Waals surface area contributed by atoms with Crippen LogP contribution >= 0.6 is 11.6 Å². The number of halogens is 1. The van der Waals surface area contributed by atoms with Gasteiger partial charge in [0, 0.05) is 17.9 Å². The first-order valence-electron chi connectivity index (χ1n) is 6.85. The Kier molecular flexibility index (Phi) is 6.36. The molecule has 0 radical (unpaired) electrons. The summed E-state index contributed by atoms with van der Waals surface area (Å²) in [6, 6.07) is 1.93. The zero-order valence-electron chi connectivity index (χ0n) is 12.3. The highest BCUT2D eigenvalue weighted by molar-refractivity contribution is 6.31. The summed E-state index contributed by atoms with van der Waals surface area (Å²) < 4.78 is 5.47. The number of Topliss-reactive ketones (excluding diaryl/α,β-unsaturated/α-hetero) is 1. The van der Waals surface area contributed by atoms with Gasteiger partial charge < -0.3 is 4.74 Å². The van der Waals surface area contributed by atoms with E-state index in [0.717, 1.165) is 46.7 Å². The molecule has 0 spiro atoms. The van der Waals surface area contributed by atoms with Gasteiger partial charge in [0.15, 0.2) is 0 Å². The van der Waals surface area contributed by atoms with Gasteiger partial charge in [-0.25, -0.2) is 0 Å². The molecule has 0 aromatic heterocycles. The maximum absolute atomic E-state index is 11.5. The second kappa shape index (κ2) is 7.54. The number of carbonyl (C=O) groups is 1. The predicted octanol–water partition coefficient (Wildman–Crippen LogP) is 4.66. The lowest BCUT2D eigenvalue weighted by Crippen LogP contribution is -2.02. The maximum atomic E-state index is 11.5. The Morgan fingerprint density at radius 3 is 2.58 bits per heavy atom. The number of hydrogen-bond donors (Lipinski definition) is 0. The van der Waals surface area contributed by atoms with Gasteiger partial charge in [0.2, 0.25) is 0 Å². The van der Waals surface area contributed by atoms with Crippen LogP contribution in [0.5, 0.6) is 5.75 Å². The van der Waals surface area contributed by atoms with Gasteiger partial charge >= 0.3 is 0 Å². The zero-order chi connectivity index (χ0) is 14.4. The van der Waals surface area contributed by atoms with E-state index in [1.54, 1.807) is 7.11 Å². The van der Waals surface area contributed by atoms with Crippen LogP contribution in [0.4, 0.5) is 0 Å². The van der Waals surface area contributed by atoms with Crippen molar-refractivity contribution in [3.8, 4) is 5.75 Å². The van der Waals surface area contributed by atoms with Crippen molar-refractivity contribution in [2.24, 2.45) is 0 Å². The number of rotatable bonds is 7. The molecule has 0 heterocycles. The first-order valence-corrected chi connectivity index (χ1v) is 7.23. The summed E-state index contributed by atoms with van der Waals surface area (Å²) in [5.74, 6) is 1.25. The Morgan fingerprint density at radius 2 is 2.00 bits per heavy atom. The van der Waals surface area contributed by atoms with Crippen LogP contribution in [-0.2, 0) is 11.2 Å². The summed E-state index contributed by atoms with van der Waals surface area (Å²) in [6.45, 7) is 6.04. The van der Waals surface area contributed by atoms with Gasteiger partial charge in [-0.05, 0) is 55.9 Å². The summed E-state index contributed by atoms with van der Waals surface area (Å²) in [5.41, 5.74) is 3.25. The normalized spacial score (nSPS) is 10.6. The van der Waals surface area contributed by atoms with Crippen LogP contribution in [-0.4, -0.2) is 12.9 Å². The summed E-state index contributed by atoms with van der Waals surface area (Å²) in [5, 5.41) is 0.771. The van der Waals surface area contributed by atoms with Crippen molar-refractivity contribution in [1.82, 2.24) is 0 Å². The molecule has 0 aliphatic carbocycles. The molecular weight excluding hydrogens is 260 g/mol. The van der Waals surface area contributed by atoms with Crippen molar-refractivity contribution in [2.75, 3.05) is 7.11 Å². The smallest absolute Gasteiger partial charge is 0.132 e. The first kappa shape index (κ1) is 16.0. The van der Waals surface area contributed by atoms with Crippen molar-refractivity contribution >= 4 is 17.4 Å². The summed E-state index contributed by atoms with van der Waals surface area (Å²) in [6.07, 6.45) is 3.95. The topological polar surface area (TPSA) is 26.3 Å². The Morgan fingerprint density at radius 1 is 1.32 bits per heavy atom.